The van der Waals surface area contributed by atoms with Gasteiger partial charge >= 0.3 is 0 Å². The molecule has 0 radical (unpaired) electrons. The molecule has 4 nitrogen and oxygen atoms in total. The summed E-state index contributed by atoms with van der Waals surface area (Å²) >= 11 is 0. The van der Waals surface area contributed by atoms with Crippen LogP contribution in [0.4, 0.5) is 0 Å². The molecule has 0 aliphatic heterocycles. The van der Waals surface area contributed by atoms with Crippen molar-refractivity contribution in [3.8, 4) is 5.75 Å². The number of rotatable bonds is 3. The van der Waals surface area contributed by atoms with Gasteiger partial charge in [0.2, 0.25) is 0 Å². The van der Waals surface area contributed by atoms with Crippen molar-refractivity contribution in [2.24, 2.45) is 5.73 Å². The molecule has 22 heavy (non-hydrogen) atoms. The minimum absolute atomic E-state index is 0.140. The quantitative estimate of drug-likeness (QED) is 0.803. The molecule has 124 valence electrons. The second-order valence-corrected chi connectivity index (χ2v) is 7.86. The molecule has 0 heterocycles. The fraction of sp³-hybridized carbons (Fsp3) is 0.611. The maximum Gasteiger partial charge on any atom is 0.251 e. The second-order valence-electron chi connectivity index (χ2n) is 7.86. The van der Waals surface area contributed by atoms with Crippen LogP contribution in [0.2, 0.25) is 0 Å². The number of nitrogens with one attached hydrogen (secondary N) is 1. The van der Waals surface area contributed by atoms with Gasteiger partial charge in [0.05, 0.1) is 0 Å². The average Bonchev–Trinajstić information content (AvgIpc) is 2.32. The molecule has 4 N–H and O–H groups in total. The van der Waals surface area contributed by atoms with E-state index < -0.39 is 0 Å². The smallest absolute Gasteiger partial charge is 0.251 e. The number of aromatic hydroxyl groups is 1. The van der Waals surface area contributed by atoms with Crippen LogP contribution in [0.15, 0.2) is 6.07 Å². The third kappa shape index (κ3) is 3.80. The molecule has 0 saturated heterocycles. The fourth-order valence-corrected chi connectivity index (χ4v) is 2.77. The van der Waals surface area contributed by atoms with E-state index >= 15 is 0 Å². The molecule has 1 aromatic rings. The minimum Gasteiger partial charge on any atom is -0.507 e. The molecule has 0 aromatic heterocycles. The zero-order chi connectivity index (χ0) is 17.3. The highest BCUT2D eigenvalue weighted by Gasteiger charge is 2.30. The predicted octanol–water partition coefficient (Wildman–Crippen LogP) is 2.98. The molecule has 0 atom stereocenters. The molecule has 1 aromatic carbocycles. The van der Waals surface area contributed by atoms with Crippen LogP contribution in [0.25, 0.3) is 0 Å². The lowest BCUT2D eigenvalue weighted by Gasteiger charge is -2.30. The molecule has 1 amide bonds. The van der Waals surface area contributed by atoms with Gasteiger partial charge in [0, 0.05) is 29.8 Å². The zero-order valence-corrected chi connectivity index (χ0v) is 14.9. The van der Waals surface area contributed by atoms with E-state index in [0.717, 1.165) is 16.7 Å². The summed E-state index contributed by atoms with van der Waals surface area (Å²) in [6, 6.07) is 1.81. The molecule has 0 spiro atoms. The van der Waals surface area contributed by atoms with Crippen LogP contribution in [0.3, 0.4) is 0 Å². The van der Waals surface area contributed by atoms with Crippen molar-refractivity contribution in [1.82, 2.24) is 5.32 Å². The summed E-state index contributed by atoms with van der Waals surface area (Å²) in [5.74, 6) is 0.159. The molecular formula is C18H30N2O2. The maximum atomic E-state index is 12.4. The Morgan fingerprint density at radius 2 is 1.73 bits per heavy atom. The first-order valence-electron chi connectivity index (χ1n) is 7.77. The van der Waals surface area contributed by atoms with Crippen molar-refractivity contribution in [3.05, 3.63) is 28.3 Å². The summed E-state index contributed by atoms with van der Waals surface area (Å²) in [5, 5.41) is 13.6. The van der Waals surface area contributed by atoms with Crippen molar-refractivity contribution in [1.29, 1.82) is 0 Å². The van der Waals surface area contributed by atoms with Gasteiger partial charge in [0.15, 0.2) is 0 Å². The number of carbonyl (C=O) groups is 1. The normalized spacial score (nSPS) is 12.4. The predicted molar refractivity (Wildman–Crippen MR) is 91.6 cm³/mol. The largest absolute Gasteiger partial charge is 0.507 e. The van der Waals surface area contributed by atoms with Gasteiger partial charge in [-0.05, 0) is 29.4 Å². The third-order valence-electron chi connectivity index (χ3n) is 3.79. The van der Waals surface area contributed by atoms with Gasteiger partial charge < -0.3 is 16.2 Å². The molecule has 4 heteroatoms. The maximum absolute atomic E-state index is 12.4. The number of carbonyl (C=O) groups excluding carboxylic acids is 1. The van der Waals surface area contributed by atoms with Crippen LogP contribution >= 0.6 is 0 Å². The van der Waals surface area contributed by atoms with E-state index in [4.69, 9.17) is 5.73 Å². The number of hydrogen-bond donors (Lipinski definition) is 3. The fourth-order valence-electron chi connectivity index (χ4n) is 2.77. The molecule has 1 rings (SSSR count). The monoisotopic (exact) mass is 306 g/mol. The SMILES string of the molecule is Cc1c(C(=O)NCCN)cc(C(C)(C)C)c(O)c1C(C)(C)C. The highest BCUT2D eigenvalue weighted by Crippen LogP contribution is 2.42. The molecular weight excluding hydrogens is 276 g/mol. The van der Waals surface area contributed by atoms with E-state index in [1.165, 1.54) is 0 Å². The lowest BCUT2D eigenvalue weighted by Crippen LogP contribution is -2.31. The van der Waals surface area contributed by atoms with E-state index in [-0.39, 0.29) is 16.7 Å². The van der Waals surface area contributed by atoms with Crippen LogP contribution in [0.5, 0.6) is 5.75 Å². The second kappa shape index (κ2) is 6.29. The topological polar surface area (TPSA) is 75.4 Å². The summed E-state index contributed by atoms with van der Waals surface area (Å²) in [7, 11) is 0. The van der Waals surface area contributed by atoms with Gasteiger partial charge in [-0.15, -0.1) is 0 Å². The van der Waals surface area contributed by atoms with Crippen LogP contribution < -0.4 is 11.1 Å². The van der Waals surface area contributed by atoms with E-state index in [2.05, 4.69) is 5.32 Å². The minimum atomic E-state index is -0.252. The van der Waals surface area contributed by atoms with Crippen molar-refractivity contribution in [2.75, 3.05) is 13.1 Å². The Morgan fingerprint density at radius 1 is 1.18 bits per heavy atom. The summed E-state index contributed by atoms with van der Waals surface area (Å²) in [6.45, 7) is 15.0. The Morgan fingerprint density at radius 3 is 2.14 bits per heavy atom. The van der Waals surface area contributed by atoms with Gasteiger partial charge in [-0.1, -0.05) is 41.5 Å². The van der Waals surface area contributed by atoms with Crippen LogP contribution in [-0.2, 0) is 10.8 Å². The van der Waals surface area contributed by atoms with E-state index in [1.807, 2.05) is 54.5 Å². The zero-order valence-electron chi connectivity index (χ0n) is 14.9. The standard InChI is InChI=1S/C18H30N2O2/c1-11-12(16(22)20-9-8-19)10-13(17(2,3)4)15(21)14(11)18(5,6)7/h10,21H,8-9,19H2,1-7H3,(H,20,22). The third-order valence-corrected chi connectivity index (χ3v) is 3.79. The van der Waals surface area contributed by atoms with Crippen LogP contribution in [0.1, 0.15) is 68.6 Å². The molecule has 0 saturated carbocycles. The molecule has 0 aliphatic rings. The van der Waals surface area contributed by atoms with Gasteiger partial charge in [-0.3, -0.25) is 4.79 Å². The van der Waals surface area contributed by atoms with Crippen molar-refractivity contribution in [3.63, 3.8) is 0 Å². The van der Waals surface area contributed by atoms with Crippen LogP contribution in [-0.4, -0.2) is 24.1 Å². The number of benzene rings is 1. The summed E-state index contributed by atoms with van der Waals surface area (Å²) in [5.41, 5.74) is 8.02. The molecule has 0 unspecified atom stereocenters. The van der Waals surface area contributed by atoms with Crippen LogP contribution in [0, 0.1) is 6.92 Å². The number of hydrogen-bond acceptors (Lipinski definition) is 3. The molecule has 0 fully saturated rings. The lowest BCUT2D eigenvalue weighted by molar-refractivity contribution is 0.0954. The van der Waals surface area contributed by atoms with Gasteiger partial charge in [0.25, 0.3) is 5.91 Å². The van der Waals surface area contributed by atoms with E-state index in [0.29, 0.717) is 24.4 Å². The van der Waals surface area contributed by atoms with Crippen molar-refractivity contribution in [2.45, 2.75) is 59.3 Å². The van der Waals surface area contributed by atoms with E-state index in [9.17, 15) is 9.90 Å². The Balaban J connectivity index is 3.62. The Bertz CT molecular complexity index is 564. The summed E-state index contributed by atoms with van der Waals surface area (Å²) in [4.78, 5) is 12.4. The Hall–Kier alpha value is -1.55. The Labute approximate surface area is 134 Å². The summed E-state index contributed by atoms with van der Waals surface area (Å²) < 4.78 is 0. The number of phenols is 1. The van der Waals surface area contributed by atoms with E-state index in [1.54, 1.807) is 0 Å². The van der Waals surface area contributed by atoms with Gasteiger partial charge in [0.1, 0.15) is 5.75 Å². The lowest BCUT2D eigenvalue weighted by atomic mass is 9.76. The Kier molecular flexibility index (Phi) is 5.29. The highest BCUT2D eigenvalue weighted by atomic mass is 16.3. The average molecular weight is 306 g/mol. The van der Waals surface area contributed by atoms with Crippen molar-refractivity contribution >= 4 is 5.91 Å². The first-order valence-corrected chi connectivity index (χ1v) is 7.77. The number of amides is 1. The van der Waals surface area contributed by atoms with Crippen molar-refractivity contribution < 1.29 is 9.90 Å². The first kappa shape index (κ1) is 18.5. The highest BCUT2D eigenvalue weighted by molar-refractivity contribution is 5.96. The molecule has 0 bridgehead atoms. The first-order chi connectivity index (χ1) is 9.91. The number of nitrogens with two attached hydrogens (primary N) is 1. The van der Waals surface area contributed by atoms with Gasteiger partial charge in [-0.2, -0.15) is 0 Å². The molecule has 0 aliphatic carbocycles. The number of phenolic OH excluding ortho intramolecular Hbond substituents is 1. The van der Waals surface area contributed by atoms with Gasteiger partial charge in [-0.25, -0.2) is 0 Å². The summed E-state index contributed by atoms with van der Waals surface area (Å²) in [6.07, 6.45) is 0.